The van der Waals surface area contributed by atoms with Crippen LogP contribution in [-0.4, -0.2) is 42.3 Å². The number of hydrogen-bond acceptors (Lipinski definition) is 4. The number of carbonyl (C=O) groups is 1. The molecule has 1 fully saturated rings. The molecule has 1 aromatic heterocycles. The molecular formula is C22H23FN4O2. The predicted octanol–water partition coefficient (Wildman–Crippen LogP) is 3.62. The van der Waals surface area contributed by atoms with Gasteiger partial charge in [-0.05, 0) is 66.9 Å². The van der Waals surface area contributed by atoms with Gasteiger partial charge in [-0.3, -0.25) is 9.89 Å². The van der Waals surface area contributed by atoms with E-state index in [2.05, 4.69) is 20.4 Å². The number of hydrogen-bond donors (Lipinski definition) is 2. The molecule has 2 N–H and O–H groups in total. The largest absolute Gasteiger partial charge is 0.497 e. The van der Waals surface area contributed by atoms with E-state index in [0.29, 0.717) is 12.1 Å². The van der Waals surface area contributed by atoms with E-state index in [1.807, 2.05) is 6.07 Å². The fourth-order valence-electron chi connectivity index (χ4n) is 3.56. The maximum atomic E-state index is 13.1. The molecule has 0 bridgehead atoms. The highest BCUT2D eigenvalue weighted by molar-refractivity contribution is 5.94. The van der Waals surface area contributed by atoms with Crippen molar-refractivity contribution in [3.05, 3.63) is 66.0 Å². The molecule has 6 nitrogen and oxygen atoms in total. The lowest BCUT2D eigenvalue weighted by atomic mass is 10.0. The number of amides is 1. The van der Waals surface area contributed by atoms with Crippen LogP contribution >= 0.6 is 0 Å². The number of ether oxygens (including phenoxy) is 1. The van der Waals surface area contributed by atoms with E-state index in [1.54, 1.807) is 43.5 Å². The van der Waals surface area contributed by atoms with Crippen LogP contribution in [-0.2, 0) is 0 Å². The molecule has 7 heteroatoms. The summed E-state index contributed by atoms with van der Waals surface area (Å²) in [5.41, 5.74) is 2.33. The van der Waals surface area contributed by atoms with Crippen LogP contribution in [0.4, 0.5) is 10.2 Å². The van der Waals surface area contributed by atoms with Crippen molar-refractivity contribution in [1.82, 2.24) is 15.5 Å². The summed E-state index contributed by atoms with van der Waals surface area (Å²) in [6.07, 6.45) is 1.89. The maximum Gasteiger partial charge on any atom is 0.251 e. The number of rotatable bonds is 5. The van der Waals surface area contributed by atoms with Crippen LogP contribution in [0, 0.1) is 5.82 Å². The van der Waals surface area contributed by atoms with Crippen LogP contribution in [0.15, 0.2) is 54.6 Å². The van der Waals surface area contributed by atoms with Crippen molar-refractivity contribution in [3.8, 4) is 17.0 Å². The van der Waals surface area contributed by atoms with Gasteiger partial charge in [0, 0.05) is 30.8 Å². The molecule has 0 spiro atoms. The Morgan fingerprint density at radius 2 is 1.97 bits per heavy atom. The summed E-state index contributed by atoms with van der Waals surface area (Å²) in [4.78, 5) is 14.7. The maximum absolute atomic E-state index is 13.1. The van der Waals surface area contributed by atoms with E-state index in [0.717, 1.165) is 42.2 Å². The third kappa shape index (κ3) is 4.39. The molecule has 1 saturated heterocycles. The first-order valence-corrected chi connectivity index (χ1v) is 9.63. The molecule has 1 aliphatic heterocycles. The number of piperidine rings is 1. The first kappa shape index (κ1) is 19.0. The normalized spacial score (nSPS) is 16.5. The molecule has 29 heavy (non-hydrogen) atoms. The lowest BCUT2D eigenvalue weighted by Crippen LogP contribution is -2.48. The van der Waals surface area contributed by atoms with Crippen molar-refractivity contribution in [2.24, 2.45) is 0 Å². The highest BCUT2D eigenvalue weighted by atomic mass is 19.1. The summed E-state index contributed by atoms with van der Waals surface area (Å²) in [6, 6.07) is 15.4. The van der Waals surface area contributed by atoms with Gasteiger partial charge in [-0.1, -0.05) is 0 Å². The zero-order valence-corrected chi connectivity index (χ0v) is 16.2. The van der Waals surface area contributed by atoms with E-state index in [-0.39, 0.29) is 17.8 Å². The van der Waals surface area contributed by atoms with E-state index in [4.69, 9.17) is 4.74 Å². The van der Waals surface area contributed by atoms with Gasteiger partial charge < -0.3 is 15.0 Å². The van der Waals surface area contributed by atoms with Crippen LogP contribution in [0.5, 0.6) is 5.75 Å². The SMILES string of the molecule is COc1ccc(C(=O)N[C@H]2CCCN(c3cc(-c4ccc(F)cc4)[nH]n3)C2)cc1. The molecule has 3 aromatic rings. The standard InChI is InChI=1S/C22H23FN4O2/c1-29-19-10-6-16(7-11-19)22(28)24-18-3-2-12-27(14-18)21-13-20(25-26-21)15-4-8-17(23)9-5-15/h4-11,13,18H,2-3,12,14H2,1H3,(H,24,28)(H,25,26)/t18-/m0/s1. The molecule has 0 aliphatic carbocycles. The first-order chi connectivity index (χ1) is 14.1. The Labute approximate surface area is 168 Å². The second kappa shape index (κ2) is 8.34. The number of methoxy groups -OCH3 is 1. The van der Waals surface area contributed by atoms with Crippen LogP contribution in [0.1, 0.15) is 23.2 Å². The molecular weight excluding hydrogens is 371 g/mol. The second-order valence-corrected chi connectivity index (χ2v) is 7.13. The van der Waals surface area contributed by atoms with E-state index in [9.17, 15) is 9.18 Å². The van der Waals surface area contributed by atoms with Crippen molar-refractivity contribution < 1.29 is 13.9 Å². The Morgan fingerprint density at radius 1 is 1.21 bits per heavy atom. The Hall–Kier alpha value is -3.35. The van der Waals surface area contributed by atoms with Crippen molar-refractivity contribution in [2.75, 3.05) is 25.1 Å². The van der Waals surface area contributed by atoms with Gasteiger partial charge in [-0.25, -0.2) is 4.39 Å². The van der Waals surface area contributed by atoms with Crippen LogP contribution in [0.3, 0.4) is 0 Å². The second-order valence-electron chi connectivity index (χ2n) is 7.13. The third-order valence-corrected chi connectivity index (χ3v) is 5.15. The minimum absolute atomic E-state index is 0.0457. The van der Waals surface area contributed by atoms with Crippen LogP contribution in [0.25, 0.3) is 11.3 Å². The average Bonchev–Trinajstić information content (AvgIpc) is 3.25. The lowest BCUT2D eigenvalue weighted by Gasteiger charge is -2.33. The van der Waals surface area contributed by atoms with Gasteiger partial charge in [-0.2, -0.15) is 5.10 Å². The number of H-pyrrole nitrogens is 1. The van der Waals surface area contributed by atoms with Crippen molar-refractivity contribution in [1.29, 1.82) is 0 Å². The van der Waals surface area contributed by atoms with Gasteiger partial charge in [0.25, 0.3) is 5.91 Å². The number of anilines is 1. The number of halogens is 1. The van der Waals surface area contributed by atoms with Gasteiger partial charge in [0.1, 0.15) is 11.6 Å². The summed E-state index contributed by atoms with van der Waals surface area (Å²) in [7, 11) is 1.60. The van der Waals surface area contributed by atoms with Gasteiger partial charge in [0.15, 0.2) is 5.82 Å². The van der Waals surface area contributed by atoms with Gasteiger partial charge >= 0.3 is 0 Å². The molecule has 4 rings (SSSR count). The summed E-state index contributed by atoms with van der Waals surface area (Å²) < 4.78 is 18.3. The van der Waals surface area contributed by atoms with E-state index >= 15 is 0 Å². The minimum atomic E-state index is -0.264. The summed E-state index contributed by atoms with van der Waals surface area (Å²) in [6.45, 7) is 1.57. The Kier molecular flexibility index (Phi) is 5.46. The Balaban J connectivity index is 1.40. The zero-order chi connectivity index (χ0) is 20.2. The molecule has 0 radical (unpaired) electrons. The van der Waals surface area contributed by atoms with Crippen molar-refractivity contribution >= 4 is 11.7 Å². The summed E-state index contributed by atoms with van der Waals surface area (Å²) >= 11 is 0. The Bertz CT molecular complexity index is 969. The fraction of sp³-hybridized carbons (Fsp3) is 0.273. The lowest BCUT2D eigenvalue weighted by molar-refractivity contribution is 0.0933. The quantitative estimate of drug-likeness (QED) is 0.693. The van der Waals surface area contributed by atoms with Gasteiger partial charge in [0.05, 0.1) is 12.8 Å². The number of nitrogens with zero attached hydrogens (tertiary/aromatic N) is 2. The van der Waals surface area contributed by atoms with Crippen molar-refractivity contribution in [3.63, 3.8) is 0 Å². The molecule has 150 valence electrons. The number of benzene rings is 2. The summed E-state index contributed by atoms with van der Waals surface area (Å²) in [5.74, 6) is 1.20. The minimum Gasteiger partial charge on any atom is -0.497 e. The summed E-state index contributed by atoms with van der Waals surface area (Å²) in [5, 5.41) is 10.5. The zero-order valence-electron chi connectivity index (χ0n) is 16.2. The highest BCUT2D eigenvalue weighted by Crippen LogP contribution is 2.24. The molecule has 2 aromatic carbocycles. The first-order valence-electron chi connectivity index (χ1n) is 9.63. The van der Waals surface area contributed by atoms with Crippen LogP contribution in [0.2, 0.25) is 0 Å². The molecule has 0 saturated carbocycles. The smallest absolute Gasteiger partial charge is 0.251 e. The van der Waals surface area contributed by atoms with E-state index in [1.165, 1.54) is 12.1 Å². The van der Waals surface area contributed by atoms with Gasteiger partial charge in [-0.15, -0.1) is 0 Å². The Morgan fingerprint density at radius 3 is 2.69 bits per heavy atom. The molecule has 0 unspecified atom stereocenters. The number of nitrogens with one attached hydrogen (secondary N) is 2. The molecule has 1 amide bonds. The fourth-order valence-corrected chi connectivity index (χ4v) is 3.56. The molecule has 2 heterocycles. The average molecular weight is 394 g/mol. The molecule has 1 atom stereocenters. The monoisotopic (exact) mass is 394 g/mol. The number of aromatic nitrogens is 2. The van der Waals surface area contributed by atoms with E-state index < -0.39 is 0 Å². The van der Waals surface area contributed by atoms with Crippen molar-refractivity contribution in [2.45, 2.75) is 18.9 Å². The predicted molar refractivity (Wildman–Crippen MR) is 110 cm³/mol. The topological polar surface area (TPSA) is 70.2 Å². The number of carbonyl (C=O) groups excluding carboxylic acids is 1. The number of aromatic amines is 1. The third-order valence-electron chi connectivity index (χ3n) is 5.15. The van der Waals surface area contributed by atoms with Gasteiger partial charge in [0.2, 0.25) is 0 Å². The van der Waals surface area contributed by atoms with Crippen LogP contribution < -0.4 is 15.0 Å². The highest BCUT2D eigenvalue weighted by Gasteiger charge is 2.23. The molecule has 1 aliphatic rings.